The zero-order valence-corrected chi connectivity index (χ0v) is 15.9. The topological polar surface area (TPSA) is 63.2 Å². The van der Waals surface area contributed by atoms with E-state index in [-0.39, 0.29) is 23.6 Å². The van der Waals surface area contributed by atoms with Crippen molar-refractivity contribution in [1.29, 1.82) is 0 Å². The molecule has 0 aromatic heterocycles. The fourth-order valence-corrected chi connectivity index (χ4v) is 5.86. The summed E-state index contributed by atoms with van der Waals surface area (Å²) in [5, 5.41) is 3.14. The van der Waals surface area contributed by atoms with E-state index < -0.39 is 9.84 Å². The van der Waals surface area contributed by atoms with Crippen LogP contribution in [0, 0.1) is 11.8 Å². The second-order valence-corrected chi connectivity index (χ2v) is 9.64. The molecule has 1 unspecified atom stereocenters. The normalized spacial score (nSPS) is 28.1. The molecule has 1 heterocycles. The average molecular weight is 364 g/mol. The van der Waals surface area contributed by atoms with Crippen LogP contribution in [-0.4, -0.2) is 20.1 Å². The second kappa shape index (κ2) is 7.90. The predicted molar refractivity (Wildman–Crippen MR) is 99.0 cm³/mol. The van der Waals surface area contributed by atoms with Crippen molar-refractivity contribution in [3.8, 4) is 0 Å². The lowest BCUT2D eigenvalue weighted by atomic mass is 9.79. The van der Waals surface area contributed by atoms with Crippen molar-refractivity contribution in [2.75, 3.05) is 5.75 Å². The van der Waals surface area contributed by atoms with E-state index in [0.29, 0.717) is 11.3 Å². The molecule has 0 radical (unpaired) electrons. The molecule has 1 amide bonds. The lowest BCUT2D eigenvalue weighted by molar-refractivity contribution is -0.127. The first-order valence-electron chi connectivity index (χ1n) is 9.63. The van der Waals surface area contributed by atoms with Gasteiger partial charge in [-0.1, -0.05) is 44.4 Å². The van der Waals surface area contributed by atoms with Gasteiger partial charge in [0.2, 0.25) is 5.91 Å². The van der Waals surface area contributed by atoms with E-state index in [2.05, 4.69) is 12.2 Å². The summed E-state index contributed by atoms with van der Waals surface area (Å²) in [6.07, 6.45) is 8.51. The highest BCUT2D eigenvalue weighted by Gasteiger charge is 2.33. The first-order valence-corrected chi connectivity index (χ1v) is 11.3. The second-order valence-electron chi connectivity index (χ2n) is 7.57. The monoisotopic (exact) mass is 363 g/mol. The van der Waals surface area contributed by atoms with Gasteiger partial charge in [0.15, 0.2) is 9.84 Å². The van der Waals surface area contributed by atoms with Crippen molar-refractivity contribution in [2.24, 2.45) is 11.8 Å². The summed E-state index contributed by atoms with van der Waals surface area (Å²) >= 11 is 0. The lowest BCUT2D eigenvalue weighted by Crippen LogP contribution is -2.38. The molecule has 1 atom stereocenters. The molecule has 1 aromatic carbocycles. The van der Waals surface area contributed by atoms with Crippen LogP contribution in [0.5, 0.6) is 0 Å². The summed E-state index contributed by atoms with van der Waals surface area (Å²) < 4.78 is 24.4. The Bertz CT molecular complexity index is 705. The summed E-state index contributed by atoms with van der Waals surface area (Å²) in [7, 11) is -3.20. The Morgan fingerprint density at radius 3 is 2.56 bits per heavy atom. The van der Waals surface area contributed by atoms with Crippen LogP contribution in [0.1, 0.15) is 69.9 Å². The first kappa shape index (κ1) is 18.4. The van der Waals surface area contributed by atoms with E-state index in [4.69, 9.17) is 0 Å². The number of rotatable bonds is 5. The Morgan fingerprint density at radius 2 is 1.84 bits per heavy atom. The Kier molecular flexibility index (Phi) is 5.82. The molecule has 0 saturated heterocycles. The molecule has 25 heavy (non-hydrogen) atoms. The van der Waals surface area contributed by atoms with Gasteiger partial charge in [0.25, 0.3) is 0 Å². The van der Waals surface area contributed by atoms with Crippen LogP contribution in [-0.2, 0) is 14.6 Å². The maximum Gasteiger partial charge on any atom is 0.223 e. The minimum atomic E-state index is -3.20. The largest absolute Gasteiger partial charge is 0.349 e. The first-order chi connectivity index (χ1) is 12.0. The van der Waals surface area contributed by atoms with Gasteiger partial charge in [-0.2, -0.15) is 0 Å². The van der Waals surface area contributed by atoms with Gasteiger partial charge in [-0.15, -0.1) is 0 Å². The third kappa shape index (κ3) is 4.25. The van der Waals surface area contributed by atoms with Crippen molar-refractivity contribution in [3.63, 3.8) is 0 Å². The smallest absolute Gasteiger partial charge is 0.223 e. The van der Waals surface area contributed by atoms with E-state index >= 15 is 0 Å². The fraction of sp³-hybridized carbons (Fsp3) is 0.650. The molecule has 138 valence electrons. The van der Waals surface area contributed by atoms with Gasteiger partial charge in [-0.05, 0) is 49.7 Å². The molecule has 1 saturated carbocycles. The number of sulfone groups is 1. The van der Waals surface area contributed by atoms with E-state index in [1.807, 2.05) is 12.1 Å². The number of carbonyl (C=O) groups is 1. The molecule has 1 aliphatic heterocycles. The molecule has 4 nitrogen and oxygen atoms in total. The van der Waals surface area contributed by atoms with Crippen molar-refractivity contribution < 1.29 is 13.2 Å². The standard InChI is InChI=1S/C20H29NO3S/c1-2-3-6-15-9-11-16(12-10-15)20(22)21-18-13-14-25(23,24)19-8-5-4-7-17(18)19/h4-5,7-8,15-16,18H,2-3,6,9-14H2,1H3,(H,21,22). The zero-order valence-electron chi connectivity index (χ0n) is 15.0. The average Bonchev–Trinajstić information content (AvgIpc) is 2.63. The molecule has 3 rings (SSSR count). The van der Waals surface area contributed by atoms with Gasteiger partial charge in [-0.3, -0.25) is 4.79 Å². The van der Waals surface area contributed by atoms with Gasteiger partial charge >= 0.3 is 0 Å². The Balaban J connectivity index is 1.61. The number of hydrogen-bond donors (Lipinski definition) is 1. The van der Waals surface area contributed by atoms with Crippen molar-refractivity contribution >= 4 is 15.7 Å². The minimum Gasteiger partial charge on any atom is -0.349 e. The summed E-state index contributed by atoms with van der Waals surface area (Å²) in [5.74, 6) is 1.08. The predicted octanol–water partition coefficient (Wildman–Crippen LogP) is 4.02. The summed E-state index contributed by atoms with van der Waals surface area (Å²) in [6.45, 7) is 2.22. The molecular formula is C20H29NO3S. The molecule has 0 bridgehead atoms. The van der Waals surface area contributed by atoms with Gasteiger partial charge in [-0.25, -0.2) is 8.42 Å². The summed E-state index contributed by atoms with van der Waals surface area (Å²) in [6, 6.07) is 6.90. The number of unbranched alkanes of at least 4 members (excludes halogenated alkanes) is 1. The third-order valence-electron chi connectivity index (χ3n) is 5.80. The van der Waals surface area contributed by atoms with Crippen LogP contribution in [0.2, 0.25) is 0 Å². The maximum absolute atomic E-state index is 12.7. The quantitative estimate of drug-likeness (QED) is 0.859. The number of benzene rings is 1. The highest BCUT2D eigenvalue weighted by Crippen LogP contribution is 2.35. The number of carbonyl (C=O) groups excluding carboxylic acids is 1. The number of hydrogen-bond acceptors (Lipinski definition) is 3. The van der Waals surface area contributed by atoms with Crippen LogP contribution in [0.4, 0.5) is 0 Å². The third-order valence-corrected chi connectivity index (χ3v) is 7.62. The van der Waals surface area contributed by atoms with E-state index in [9.17, 15) is 13.2 Å². The number of amides is 1. The number of nitrogens with one attached hydrogen (secondary N) is 1. The highest BCUT2D eigenvalue weighted by molar-refractivity contribution is 7.91. The molecular weight excluding hydrogens is 334 g/mol. The van der Waals surface area contributed by atoms with Crippen LogP contribution >= 0.6 is 0 Å². The van der Waals surface area contributed by atoms with Crippen LogP contribution in [0.3, 0.4) is 0 Å². The van der Waals surface area contributed by atoms with Gasteiger partial charge < -0.3 is 5.32 Å². The van der Waals surface area contributed by atoms with Crippen molar-refractivity contribution in [2.45, 2.75) is 69.2 Å². The molecule has 5 heteroatoms. The molecule has 0 spiro atoms. The zero-order chi connectivity index (χ0) is 17.9. The summed E-state index contributed by atoms with van der Waals surface area (Å²) in [4.78, 5) is 13.1. The molecule has 1 fully saturated rings. The van der Waals surface area contributed by atoms with E-state index in [1.165, 1.54) is 19.3 Å². The van der Waals surface area contributed by atoms with Crippen LogP contribution in [0.15, 0.2) is 29.2 Å². The van der Waals surface area contributed by atoms with Gasteiger partial charge in [0.05, 0.1) is 16.7 Å². The Morgan fingerprint density at radius 1 is 1.12 bits per heavy atom. The van der Waals surface area contributed by atoms with Gasteiger partial charge in [0, 0.05) is 5.92 Å². The molecule has 1 aromatic rings. The lowest BCUT2D eigenvalue weighted by Gasteiger charge is -2.31. The molecule has 1 aliphatic carbocycles. The molecule has 1 N–H and O–H groups in total. The van der Waals surface area contributed by atoms with E-state index in [0.717, 1.165) is 37.2 Å². The van der Waals surface area contributed by atoms with Crippen molar-refractivity contribution in [3.05, 3.63) is 29.8 Å². The van der Waals surface area contributed by atoms with Gasteiger partial charge in [0.1, 0.15) is 0 Å². The Labute approximate surface area is 151 Å². The maximum atomic E-state index is 12.7. The minimum absolute atomic E-state index is 0.0866. The fourth-order valence-electron chi connectivity index (χ4n) is 4.24. The van der Waals surface area contributed by atoms with Crippen LogP contribution < -0.4 is 5.32 Å². The summed E-state index contributed by atoms with van der Waals surface area (Å²) in [5.41, 5.74) is 0.749. The van der Waals surface area contributed by atoms with Crippen LogP contribution in [0.25, 0.3) is 0 Å². The number of fused-ring (bicyclic) bond motifs is 1. The van der Waals surface area contributed by atoms with Crippen molar-refractivity contribution in [1.82, 2.24) is 5.32 Å². The SMILES string of the molecule is CCCCC1CCC(C(=O)NC2CCS(=O)(=O)c3ccccc32)CC1. The molecule has 2 aliphatic rings. The Hall–Kier alpha value is -1.36. The van der Waals surface area contributed by atoms with E-state index in [1.54, 1.807) is 12.1 Å². The highest BCUT2D eigenvalue weighted by atomic mass is 32.2.